The number of hydrogen-bond acceptors (Lipinski definition) is 5. The average Bonchev–Trinajstić information content (AvgIpc) is 2.34. The van der Waals surface area contributed by atoms with E-state index in [2.05, 4.69) is 0 Å². The zero-order valence-corrected chi connectivity index (χ0v) is 12.6. The minimum atomic E-state index is -3.95. The molecule has 0 aliphatic carbocycles. The minimum absolute atomic E-state index is 0.175. The molecule has 0 aliphatic heterocycles. The fourth-order valence-electron chi connectivity index (χ4n) is 1.89. The summed E-state index contributed by atoms with van der Waals surface area (Å²) >= 11 is 0. The first-order chi connectivity index (χ1) is 9.21. The number of nitrogen functional groups attached to an aromatic ring is 1. The molecule has 8 heteroatoms. The lowest BCUT2D eigenvalue weighted by molar-refractivity contribution is -0.387. The fourth-order valence-corrected chi connectivity index (χ4v) is 3.81. The van der Waals surface area contributed by atoms with Gasteiger partial charge in [0.05, 0.1) is 4.92 Å². The summed E-state index contributed by atoms with van der Waals surface area (Å²) < 4.78 is 26.5. The molecule has 112 valence electrons. The zero-order chi connectivity index (χ0) is 15.5. The molecule has 0 aromatic heterocycles. The summed E-state index contributed by atoms with van der Waals surface area (Å²) in [5, 5.41) is 11.0. The highest BCUT2D eigenvalue weighted by molar-refractivity contribution is 7.89. The lowest BCUT2D eigenvalue weighted by Gasteiger charge is -2.25. The highest BCUT2D eigenvalue weighted by Crippen LogP contribution is 2.29. The smallest absolute Gasteiger partial charge is 0.289 e. The van der Waals surface area contributed by atoms with Crippen LogP contribution in [0.3, 0.4) is 0 Å². The number of nitrogens with two attached hydrogens (primary N) is 1. The number of nitro benzene ring substituents is 1. The first-order valence-electron chi connectivity index (χ1n) is 6.27. The number of rotatable bonds is 6. The van der Waals surface area contributed by atoms with E-state index in [0.717, 1.165) is 12.1 Å². The van der Waals surface area contributed by atoms with Gasteiger partial charge in [-0.1, -0.05) is 6.92 Å². The summed E-state index contributed by atoms with van der Waals surface area (Å²) in [6, 6.07) is 3.28. The van der Waals surface area contributed by atoms with Crippen molar-refractivity contribution >= 4 is 21.4 Å². The van der Waals surface area contributed by atoms with E-state index in [1.807, 2.05) is 6.92 Å². The van der Waals surface area contributed by atoms with Crippen LogP contribution < -0.4 is 5.73 Å². The van der Waals surface area contributed by atoms with Gasteiger partial charge < -0.3 is 5.73 Å². The van der Waals surface area contributed by atoms with Crippen LogP contribution in [0, 0.1) is 10.1 Å². The monoisotopic (exact) mass is 301 g/mol. The molecule has 0 bridgehead atoms. The molecule has 0 heterocycles. The Morgan fingerprint density at radius 3 is 2.45 bits per heavy atom. The second-order valence-electron chi connectivity index (χ2n) is 4.69. The lowest BCUT2D eigenvalue weighted by atomic mass is 10.3. The van der Waals surface area contributed by atoms with Crippen molar-refractivity contribution in [2.24, 2.45) is 0 Å². The zero-order valence-electron chi connectivity index (χ0n) is 11.7. The van der Waals surface area contributed by atoms with Crippen LogP contribution in [0.25, 0.3) is 0 Å². The van der Waals surface area contributed by atoms with Crippen LogP contribution in [0.5, 0.6) is 0 Å². The normalized spacial score (nSPS) is 12.1. The molecule has 0 unspecified atom stereocenters. The molecule has 1 aromatic rings. The van der Waals surface area contributed by atoms with Crippen molar-refractivity contribution in [2.45, 2.75) is 38.1 Å². The third-order valence-corrected chi connectivity index (χ3v) is 4.89. The Morgan fingerprint density at radius 1 is 1.40 bits per heavy atom. The Labute approximate surface area is 118 Å². The van der Waals surface area contributed by atoms with E-state index in [-0.39, 0.29) is 16.6 Å². The van der Waals surface area contributed by atoms with Crippen LogP contribution >= 0.6 is 0 Å². The molecule has 0 spiro atoms. The minimum Gasteiger partial charge on any atom is -0.399 e. The molecular formula is C12H19N3O4S. The van der Waals surface area contributed by atoms with E-state index < -0.39 is 20.6 Å². The summed E-state index contributed by atoms with van der Waals surface area (Å²) in [6.07, 6.45) is 0.619. The molecule has 7 nitrogen and oxygen atoms in total. The molecule has 1 aromatic carbocycles. The van der Waals surface area contributed by atoms with Gasteiger partial charge in [-0.15, -0.1) is 0 Å². The van der Waals surface area contributed by atoms with Gasteiger partial charge in [0.2, 0.25) is 10.0 Å². The topological polar surface area (TPSA) is 107 Å². The van der Waals surface area contributed by atoms with Crippen LogP contribution in [-0.4, -0.2) is 30.2 Å². The number of nitrogens with zero attached hydrogens (tertiary/aromatic N) is 2. The van der Waals surface area contributed by atoms with Gasteiger partial charge in [0.25, 0.3) is 5.69 Å². The van der Waals surface area contributed by atoms with Crippen molar-refractivity contribution in [3.8, 4) is 0 Å². The summed E-state index contributed by atoms with van der Waals surface area (Å²) in [5.41, 5.74) is 5.29. The van der Waals surface area contributed by atoms with E-state index in [1.54, 1.807) is 13.8 Å². The first-order valence-corrected chi connectivity index (χ1v) is 7.71. The van der Waals surface area contributed by atoms with E-state index in [4.69, 9.17) is 5.73 Å². The molecule has 0 radical (unpaired) electrons. The number of benzene rings is 1. The van der Waals surface area contributed by atoms with Crippen LogP contribution in [0.4, 0.5) is 11.4 Å². The van der Waals surface area contributed by atoms with E-state index in [1.165, 1.54) is 10.4 Å². The number of nitro groups is 1. The van der Waals surface area contributed by atoms with Gasteiger partial charge in [-0.3, -0.25) is 10.1 Å². The van der Waals surface area contributed by atoms with Crippen molar-refractivity contribution < 1.29 is 13.3 Å². The second kappa shape index (κ2) is 6.19. The highest BCUT2D eigenvalue weighted by Gasteiger charge is 2.32. The Hall–Kier alpha value is -1.67. The fraction of sp³-hybridized carbons (Fsp3) is 0.500. The van der Waals surface area contributed by atoms with Crippen molar-refractivity contribution in [2.75, 3.05) is 12.3 Å². The molecule has 0 atom stereocenters. The van der Waals surface area contributed by atoms with Crippen LogP contribution in [0.15, 0.2) is 23.1 Å². The van der Waals surface area contributed by atoms with Crippen molar-refractivity contribution in [3.05, 3.63) is 28.3 Å². The molecule has 0 saturated carbocycles. The Balaban J connectivity index is 3.47. The van der Waals surface area contributed by atoms with E-state index in [0.29, 0.717) is 13.0 Å². The van der Waals surface area contributed by atoms with Crippen LogP contribution in [-0.2, 0) is 10.0 Å². The molecule has 0 amide bonds. The number of hydrogen-bond donors (Lipinski definition) is 1. The van der Waals surface area contributed by atoms with Gasteiger partial charge in [-0.2, -0.15) is 4.31 Å². The first kappa shape index (κ1) is 16.4. The average molecular weight is 301 g/mol. The SMILES string of the molecule is CCCN(C(C)C)S(=O)(=O)c1cc(N)ccc1[N+](=O)[O-]. The number of anilines is 1. The van der Waals surface area contributed by atoms with Crippen molar-refractivity contribution in [1.82, 2.24) is 4.31 Å². The molecule has 0 fully saturated rings. The van der Waals surface area contributed by atoms with Gasteiger partial charge >= 0.3 is 0 Å². The molecule has 2 N–H and O–H groups in total. The van der Waals surface area contributed by atoms with Gasteiger partial charge in [-0.05, 0) is 32.4 Å². The molecule has 20 heavy (non-hydrogen) atoms. The predicted molar refractivity (Wildman–Crippen MR) is 76.8 cm³/mol. The Morgan fingerprint density at radius 2 is 2.00 bits per heavy atom. The van der Waals surface area contributed by atoms with Crippen molar-refractivity contribution in [3.63, 3.8) is 0 Å². The lowest BCUT2D eigenvalue weighted by Crippen LogP contribution is -2.37. The maximum atomic E-state index is 12.6. The van der Waals surface area contributed by atoms with Gasteiger partial charge in [0.15, 0.2) is 4.90 Å². The standard InChI is InChI=1S/C12H19N3O4S/c1-4-7-14(9(2)3)20(18,19)12-8-10(13)5-6-11(12)15(16)17/h5-6,8-9H,4,7,13H2,1-3H3. The third-order valence-electron chi connectivity index (χ3n) is 2.79. The quantitative estimate of drug-likeness (QED) is 0.491. The van der Waals surface area contributed by atoms with E-state index >= 15 is 0 Å². The molecule has 0 aliphatic rings. The maximum Gasteiger partial charge on any atom is 0.289 e. The summed E-state index contributed by atoms with van der Waals surface area (Å²) in [7, 11) is -3.95. The maximum absolute atomic E-state index is 12.6. The van der Waals surface area contributed by atoms with Crippen LogP contribution in [0.2, 0.25) is 0 Å². The van der Waals surface area contributed by atoms with Gasteiger partial charge in [0.1, 0.15) is 0 Å². The molecule has 1 rings (SSSR count). The molecule has 0 saturated heterocycles. The summed E-state index contributed by atoms with van der Waals surface area (Å²) in [4.78, 5) is 9.94. The third kappa shape index (κ3) is 3.26. The second-order valence-corrected chi connectivity index (χ2v) is 6.55. The Bertz CT molecular complexity index is 599. The predicted octanol–water partition coefficient (Wildman–Crippen LogP) is 1.99. The highest BCUT2D eigenvalue weighted by atomic mass is 32.2. The molecular weight excluding hydrogens is 282 g/mol. The summed E-state index contributed by atoms with van der Waals surface area (Å²) in [6.45, 7) is 5.60. The van der Waals surface area contributed by atoms with Gasteiger partial charge in [-0.25, -0.2) is 8.42 Å². The number of sulfonamides is 1. The van der Waals surface area contributed by atoms with Crippen LogP contribution in [0.1, 0.15) is 27.2 Å². The largest absolute Gasteiger partial charge is 0.399 e. The van der Waals surface area contributed by atoms with E-state index in [9.17, 15) is 18.5 Å². The summed E-state index contributed by atoms with van der Waals surface area (Å²) in [5.74, 6) is 0. The van der Waals surface area contributed by atoms with Crippen molar-refractivity contribution in [1.29, 1.82) is 0 Å². The Kier molecular flexibility index (Phi) is 5.07. The van der Waals surface area contributed by atoms with Gasteiger partial charge in [0, 0.05) is 24.3 Å².